The lowest BCUT2D eigenvalue weighted by molar-refractivity contribution is -0.116. The summed E-state index contributed by atoms with van der Waals surface area (Å²) >= 11 is 7.17. The molecular formula is C26H22ClFN4O2S. The number of carbonyl (C=O) groups excluding carboxylic acids is 2. The average molecular weight is 509 g/mol. The molecule has 0 aliphatic heterocycles. The molecule has 0 fully saturated rings. The van der Waals surface area contributed by atoms with Gasteiger partial charge in [-0.3, -0.25) is 9.59 Å². The maximum atomic E-state index is 13.8. The topological polar surface area (TPSA) is 75.2 Å². The van der Waals surface area contributed by atoms with Gasteiger partial charge in [0.15, 0.2) is 0 Å². The lowest BCUT2D eigenvalue weighted by Crippen LogP contribution is -2.36. The van der Waals surface area contributed by atoms with Gasteiger partial charge in [0.2, 0.25) is 11.0 Å². The van der Waals surface area contributed by atoms with Crippen molar-refractivity contribution < 1.29 is 14.0 Å². The van der Waals surface area contributed by atoms with Gasteiger partial charge in [0.05, 0.1) is 6.04 Å². The first-order chi connectivity index (χ1) is 16.9. The summed E-state index contributed by atoms with van der Waals surface area (Å²) in [6.45, 7) is 2.02. The normalized spacial score (nSPS) is 11.6. The lowest BCUT2D eigenvalue weighted by atomic mass is 10.0. The third-order valence-corrected chi connectivity index (χ3v) is 6.56. The molecule has 4 rings (SSSR count). The summed E-state index contributed by atoms with van der Waals surface area (Å²) in [5, 5.41) is 12.5. The fourth-order valence-corrected chi connectivity index (χ4v) is 4.45. The van der Waals surface area contributed by atoms with Gasteiger partial charge in [-0.15, -0.1) is 10.2 Å². The smallest absolute Gasteiger partial charge is 0.254 e. The first-order valence-electron chi connectivity index (χ1n) is 10.9. The third-order valence-electron chi connectivity index (χ3n) is 5.42. The monoisotopic (exact) mass is 508 g/mol. The maximum Gasteiger partial charge on any atom is 0.254 e. The molecule has 35 heavy (non-hydrogen) atoms. The molecule has 4 aromatic rings. The standard InChI is InChI=1S/C26H22ClFN4O2S/c1-17(18-6-3-2-4-7-18)32(25(34)20-8-5-9-22(28)16-20)15-14-23(33)29-26-31-30-24(35-26)19-10-12-21(27)13-11-19/h2-13,16-17H,14-15H2,1H3,(H,29,31,33)/t17-/m1/s1. The van der Waals surface area contributed by atoms with E-state index >= 15 is 0 Å². The molecule has 3 aromatic carbocycles. The number of rotatable bonds is 8. The van der Waals surface area contributed by atoms with Gasteiger partial charge in [0.1, 0.15) is 10.8 Å². The molecule has 1 atom stereocenters. The van der Waals surface area contributed by atoms with E-state index < -0.39 is 5.82 Å². The van der Waals surface area contributed by atoms with Crippen molar-refractivity contribution in [2.75, 3.05) is 11.9 Å². The molecule has 0 bridgehead atoms. The molecule has 9 heteroatoms. The van der Waals surface area contributed by atoms with E-state index in [2.05, 4.69) is 15.5 Å². The van der Waals surface area contributed by atoms with Crippen LogP contribution >= 0.6 is 22.9 Å². The van der Waals surface area contributed by atoms with E-state index in [4.69, 9.17) is 11.6 Å². The molecule has 6 nitrogen and oxygen atoms in total. The predicted octanol–water partition coefficient (Wildman–Crippen LogP) is 6.23. The second kappa shape index (κ2) is 11.2. The molecule has 0 saturated carbocycles. The number of halogens is 2. The Morgan fingerprint density at radius 1 is 1.03 bits per heavy atom. The van der Waals surface area contributed by atoms with Crippen LogP contribution in [-0.2, 0) is 4.79 Å². The molecule has 0 aliphatic rings. The Morgan fingerprint density at radius 3 is 2.49 bits per heavy atom. The van der Waals surface area contributed by atoms with Crippen molar-refractivity contribution in [1.82, 2.24) is 15.1 Å². The Bertz CT molecular complexity index is 1310. The summed E-state index contributed by atoms with van der Waals surface area (Å²) in [5.41, 5.74) is 1.98. The largest absolute Gasteiger partial charge is 0.331 e. The van der Waals surface area contributed by atoms with Crippen molar-refractivity contribution in [2.45, 2.75) is 19.4 Å². The van der Waals surface area contributed by atoms with Gasteiger partial charge in [0, 0.05) is 29.1 Å². The first kappa shape index (κ1) is 24.5. The highest BCUT2D eigenvalue weighted by Crippen LogP contribution is 2.28. The van der Waals surface area contributed by atoms with E-state index in [0.29, 0.717) is 15.2 Å². The Morgan fingerprint density at radius 2 is 1.77 bits per heavy atom. The van der Waals surface area contributed by atoms with Crippen LogP contribution in [0.1, 0.15) is 35.3 Å². The minimum Gasteiger partial charge on any atom is -0.331 e. The van der Waals surface area contributed by atoms with Crippen LogP contribution in [0.5, 0.6) is 0 Å². The van der Waals surface area contributed by atoms with E-state index in [1.165, 1.54) is 29.5 Å². The molecule has 0 spiro atoms. The van der Waals surface area contributed by atoms with Gasteiger partial charge in [-0.1, -0.05) is 71.5 Å². The third kappa shape index (κ3) is 6.29. The molecule has 0 unspecified atom stereocenters. The molecular weight excluding hydrogens is 487 g/mol. The fourth-order valence-electron chi connectivity index (χ4n) is 3.56. The summed E-state index contributed by atoms with van der Waals surface area (Å²) in [6.07, 6.45) is 0.0358. The lowest BCUT2D eigenvalue weighted by Gasteiger charge is -2.29. The van der Waals surface area contributed by atoms with E-state index in [-0.39, 0.29) is 36.4 Å². The molecule has 0 radical (unpaired) electrons. The number of nitrogens with zero attached hydrogens (tertiary/aromatic N) is 3. The van der Waals surface area contributed by atoms with Crippen LogP contribution < -0.4 is 5.32 Å². The number of nitrogens with one attached hydrogen (secondary N) is 1. The van der Waals surface area contributed by atoms with Crippen LogP contribution in [0, 0.1) is 5.82 Å². The van der Waals surface area contributed by atoms with Crippen LogP contribution in [0.4, 0.5) is 9.52 Å². The van der Waals surface area contributed by atoms with Crippen molar-refractivity contribution in [1.29, 1.82) is 0 Å². The fraction of sp³-hybridized carbons (Fsp3) is 0.154. The number of carbonyl (C=O) groups is 2. The Kier molecular flexibility index (Phi) is 7.84. The number of benzene rings is 3. The number of anilines is 1. The second-order valence-electron chi connectivity index (χ2n) is 7.81. The zero-order chi connectivity index (χ0) is 24.8. The number of aromatic nitrogens is 2. The molecule has 1 aromatic heterocycles. The minimum atomic E-state index is -0.492. The molecule has 0 saturated heterocycles. The summed E-state index contributed by atoms with van der Waals surface area (Å²) in [4.78, 5) is 27.5. The summed E-state index contributed by atoms with van der Waals surface area (Å²) < 4.78 is 13.8. The van der Waals surface area contributed by atoms with Crippen LogP contribution in [0.2, 0.25) is 5.02 Å². The maximum absolute atomic E-state index is 13.8. The summed E-state index contributed by atoms with van der Waals surface area (Å²) in [7, 11) is 0. The Hall–Kier alpha value is -3.62. The average Bonchev–Trinajstić information content (AvgIpc) is 3.33. The Labute approximate surface area is 211 Å². The quantitative estimate of drug-likeness (QED) is 0.306. The van der Waals surface area contributed by atoms with Crippen molar-refractivity contribution >= 4 is 39.9 Å². The van der Waals surface area contributed by atoms with E-state index in [1.54, 1.807) is 23.1 Å². The zero-order valence-electron chi connectivity index (χ0n) is 18.8. The van der Waals surface area contributed by atoms with Crippen molar-refractivity contribution in [2.24, 2.45) is 0 Å². The molecule has 1 N–H and O–H groups in total. The van der Waals surface area contributed by atoms with Gasteiger partial charge < -0.3 is 10.2 Å². The first-order valence-corrected chi connectivity index (χ1v) is 12.1. The highest BCUT2D eigenvalue weighted by Gasteiger charge is 2.24. The van der Waals surface area contributed by atoms with E-state index in [1.807, 2.05) is 49.4 Å². The molecule has 0 aliphatic carbocycles. The van der Waals surface area contributed by atoms with Gasteiger partial charge in [-0.05, 0) is 42.8 Å². The summed E-state index contributed by atoms with van der Waals surface area (Å²) in [6, 6.07) is 21.9. The van der Waals surface area contributed by atoms with Gasteiger partial charge >= 0.3 is 0 Å². The molecule has 2 amide bonds. The van der Waals surface area contributed by atoms with Gasteiger partial charge in [-0.2, -0.15) is 0 Å². The summed E-state index contributed by atoms with van der Waals surface area (Å²) in [5.74, 6) is -1.15. The zero-order valence-corrected chi connectivity index (χ0v) is 20.4. The predicted molar refractivity (Wildman–Crippen MR) is 136 cm³/mol. The highest BCUT2D eigenvalue weighted by atomic mass is 35.5. The number of hydrogen-bond acceptors (Lipinski definition) is 5. The number of hydrogen-bond donors (Lipinski definition) is 1. The van der Waals surface area contributed by atoms with E-state index in [9.17, 15) is 14.0 Å². The van der Waals surface area contributed by atoms with Crippen molar-refractivity contribution in [3.05, 3.63) is 101 Å². The van der Waals surface area contributed by atoms with Crippen molar-refractivity contribution in [3.63, 3.8) is 0 Å². The van der Waals surface area contributed by atoms with Crippen LogP contribution in [0.25, 0.3) is 10.6 Å². The highest BCUT2D eigenvalue weighted by molar-refractivity contribution is 7.18. The second-order valence-corrected chi connectivity index (χ2v) is 9.23. The van der Waals surface area contributed by atoms with Crippen LogP contribution in [-0.4, -0.2) is 33.5 Å². The Balaban J connectivity index is 1.46. The van der Waals surface area contributed by atoms with E-state index in [0.717, 1.165) is 11.1 Å². The van der Waals surface area contributed by atoms with Gasteiger partial charge in [-0.25, -0.2) is 4.39 Å². The SMILES string of the molecule is C[C@H](c1ccccc1)N(CCC(=O)Nc1nnc(-c2ccc(Cl)cc2)s1)C(=O)c1cccc(F)c1. The molecule has 1 heterocycles. The molecule has 178 valence electrons. The minimum absolute atomic E-state index is 0.0358. The van der Waals surface area contributed by atoms with Crippen LogP contribution in [0.15, 0.2) is 78.9 Å². The number of amides is 2. The van der Waals surface area contributed by atoms with Crippen molar-refractivity contribution in [3.8, 4) is 10.6 Å². The van der Waals surface area contributed by atoms with Gasteiger partial charge in [0.25, 0.3) is 5.91 Å². The van der Waals surface area contributed by atoms with Crippen LogP contribution in [0.3, 0.4) is 0 Å².